The zero-order chi connectivity index (χ0) is 20.0. The first-order chi connectivity index (χ1) is 12.8. The Hall–Kier alpha value is -1.38. The van der Waals surface area contributed by atoms with Crippen molar-refractivity contribution in [3.63, 3.8) is 0 Å². The van der Waals surface area contributed by atoms with Gasteiger partial charge in [0.2, 0.25) is 15.9 Å². The van der Waals surface area contributed by atoms with E-state index in [0.717, 1.165) is 0 Å². The van der Waals surface area contributed by atoms with Crippen LogP contribution < -0.4 is 0 Å². The molecule has 0 radical (unpaired) electrons. The highest BCUT2D eigenvalue weighted by Crippen LogP contribution is 2.31. The number of nitrogens with zero attached hydrogens (tertiary/aromatic N) is 3. The number of amides is 1. The summed E-state index contributed by atoms with van der Waals surface area (Å²) in [4.78, 5) is 15.9. The van der Waals surface area contributed by atoms with Crippen molar-refractivity contribution in [2.24, 2.45) is 0 Å². The number of piperazine rings is 1. The van der Waals surface area contributed by atoms with Crippen LogP contribution in [0.1, 0.15) is 0 Å². The van der Waals surface area contributed by atoms with Crippen LogP contribution in [0.5, 0.6) is 0 Å². The van der Waals surface area contributed by atoms with Crippen molar-refractivity contribution in [2.45, 2.75) is 4.90 Å². The van der Waals surface area contributed by atoms with Crippen molar-refractivity contribution in [1.82, 2.24) is 14.1 Å². The van der Waals surface area contributed by atoms with Gasteiger partial charge in [0.25, 0.3) is 0 Å². The third kappa shape index (κ3) is 5.33. The van der Waals surface area contributed by atoms with E-state index >= 15 is 0 Å². The summed E-state index contributed by atoms with van der Waals surface area (Å²) >= 11 is 12.1. The molecule has 1 aliphatic heterocycles. The molecular weight excluding hydrogens is 409 g/mol. The second-order valence-corrected chi connectivity index (χ2v) is 8.80. The van der Waals surface area contributed by atoms with Crippen LogP contribution in [0.15, 0.2) is 48.4 Å². The molecule has 0 unspecified atom stereocenters. The first kappa shape index (κ1) is 21.9. The van der Waals surface area contributed by atoms with E-state index in [1.54, 1.807) is 23.1 Å². The van der Waals surface area contributed by atoms with Gasteiger partial charge in [-0.25, -0.2) is 8.42 Å². The van der Waals surface area contributed by atoms with Crippen LogP contribution in [0.4, 0.5) is 0 Å². The van der Waals surface area contributed by atoms with Gasteiger partial charge in [0, 0.05) is 39.3 Å². The van der Waals surface area contributed by atoms with Crippen LogP contribution in [0, 0.1) is 0 Å². The molecule has 27 heavy (non-hydrogen) atoms. The SMILES string of the molecule is C=CCN(CC=C)C(=O)CN1CCN(S(=O)(=O)c2c(Cl)cccc2Cl)CC1. The maximum absolute atomic E-state index is 12.9. The number of carbonyl (C=O) groups excluding carboxylic acids is 1. The van der Waals surface area contributed by atoms with Crippen LogP contribution >= 0.6 is 23.2 Å². The van der Waals surface area contributed by atoms with E-state index in [1.807, 2.05) is 4.90 Å². The molecule has 6 nitrogen and oxygen atoms in total. The van der Waals surface area contributed by atoms with Crippen molar-refractivity contribution < 1.29 is 13.2 Å². The summed E-state index contributed by atoms with van der Waals surface area (Å²) in [6.45, 7) is 9.86. The van der Waals surface area contributed by atoms with Gasteiger partial charge in [-0.15, -0.1) is 13.2 Å². The largest absolute Gasteiger partial charge is 0.334 e. The van der Waals surface area contributed by atoms with E-state index < -0.39 is 10.0 Å². The first-order valence-electron chi connectivity index (χ1n) is 8.47. The second kappa shape index (κ2) is 9.71. The lowest BCUT2D eigenvalue weighted by molar-refractivity contribution is -0.131. The highest BCUT2D eigenvalue weighted by atomic mass is 35.5. The molecule has 0 bridgehead atoms. The van der Waals surface area contributed by atoms with Gasteiger partial charge in [-0.05, 0) is 12.1 Å². The van der Waals surface area contributed by atoms with Crippen LogP contribution in [-0.4, -0.2) is 74.2 Å². The topological polar surface area (TPSA) is 60.9 Å². The third-order valence-corrected chi connectivity index (χ3v) is 7.11. The second-order valence-electron chi connectivity index (χ2n) is 6.11. The summed E-state index contributed by atoms with van der Waals surface area (Å²) in [5.74, 6) is -0.0414. The van der Waals surface area contributed by atoms with E-state index in [-0.39, 0.29) is 40.5 Å². The molecular formula is C18H23Cl2N3O3S. The van der Waals surface area contributed by atoms with E-state index in [0.29, 0.717) is 26.2 Å². The average molecular weight is 432 g/mol. The highest BCUT2D eigenvalue weighted by Gasteiger charge is 2.32. The molecule has 1 amide bonds. The van der Waals surface area contributed by atoms with Crippen molar-refractivity contribution in [3.05, 3.63) is 53.6 Å². The Kier molecular flexibility index (Phi) is 7.88. The summed E-state index contributed by atoms with van der Waals surface area (Å²) in [6.07, 6.45) is 3.33. The van der Waals surface area contributed by atoms with Gasteiger partial charge in [0.15, 0.2) is 0 Å². The maximum atomic E-state index is 12.9. The zero-order valence-corrected chi connectivity index (χ0v) is 17.3. The van der Waals surface area contributed by atoms with Gasteiger partial charge in [-0.1, -0.05) is 41.4 Å². The molecule has 0 atom stereocenters. The Bertz CT molecular complexity index is 776. The lowest BCUT2D eigenvalue weighted by atomic mass is 10.3. The van der Waals surface area contributed by atoms with E-state index in [4.69, 9.17) is 23.2 Å². The van der Waals surface area contributed by atoms with E-state index in [1.165, 1.54) is 16.4 Å². The summed E-state index contributed by atoms with van der Waals surface area (Å²) in [5.41, 5.74) is 0. The molecule has 1 saturated heterocycles. The molecule has 2 rings (SSSR count). The zero-order valence-electron chi connectivity index (χ0n) is 15.0. The molecule has 0 aliphatic carbocycles. The Labute approximate surface area is 170 Å². The fraction of sp³-hybridized carbons (Fsp3) is 0.389. The monoisotopic (exact) mass is 431 g/mol. The molecule has 1 aliphatic rings. The van der Waals surface area contributed by atoms with Crippen molar-refractivity contribution in [2.75, 3.05) is 45.8 Å². The third-order valence-electron chi connectivity index (χ3n) is 4.26. The predicted octanol–water partition coefficient (Wildman–Crippen LogP) is 2.50. The molecule has 1 aromatic rings. The van der Waals surface area contributed by atoms with Gasteiger partial charge in [-0.3, -0.25) is 9.69 Å². The molecule has 1 fully saturated rings. The number of hydrogen-bond acceptors (Lipinski definition) is 4. The molecule has 0 saturated carbocycles. The molecule has 1 heterocycles. The smallest absolute Gasteiger partial charge is 0.246 e. The minimum Gasteiger partial charge on any atom is -0.334 e. The Morgan fingerprint density at radius 3 is 2.07 bits per heavy atom. The maximum Gasteiger partial charge on any atom is 0.246 e. The van der Waals surface area contributed by atoms with Crippen LogP contribution in [0.2, 0.25) is 10.0 Å². The fourth-order valence-electron chi connectivity index (χ4n) is 2.87. The van der Waals surface area contributed by atoms with Crippen LogP contribution in [0.3, 0.4) is 0 Å². The Morgan fingerprint density at radius 1 is 1.07 bits per heavy atom. The number of carbonyl (C=O) groups is 1. The number of sulfonamides is 1. The van der Waals surface area contributed by atoms with Crippen LogP contribution in [0.25, 0.3) is 0 Å². The first-order valence-corrected chi connectivity index (χ1v) is 10.7. The quantitative estimate of drug-likeness (QED) is 0.593. The number of hydrogen-bond donors (Lipinski definition) is 0. The lowest BCUT2D eigenvalue weighted by Crippen LogP contribution is -2.51. The lowest BCUT2D eigenvalue weighted by Gasteiger charge is -2.34. The number of rotatable bonds is 8. The molecule has 9 heteroatoms. The normalized spacial score (nSPS) is 16.1. The van der Waals surface area contributed by atoms with Crippen molar-refractivity contribution in [3.8, 4) is 0 Å². The Balaban J connectivity index is 2.01. The summed E-state index contributed by atoms with van der Waals surface area (Å²) in [6, 6.07) is 4.61. The molecule has 0 spiro atoms. The van der Waals surface area contributed by atoms with Gasteiger partial charge in [0.1, 0.15) is 4.90 Å². The molecule has 0 aromatic heterocycles. The van der Waals surface area contributed by atoms with Gasteiger partial charge >= 0.3 is 0 Å². The van der Waals surface area contributed by atoms with E-state index in [9.17, 15) is 13.2 Å². The minimum atomic E-state index is -3.79. The van der Waals surface area contributed by atoms with Crippen molar-refractivity contribution >= 4 is 39.1 Å². The van der Waals surface area contributed by atoms with Crippen LogP contribution in [-0.2, 0) is 14.8 Å². The number of halogens is 2. The van der Waals surface area contributed by atoms with Gasteiger partial charge in [0.05, 0.1) is 16.6 Å². The fourth-order valence-corrected chi connectivity index (χ4v) is 5.38. The van der Waals surface area contributed by atoms with E-state index in [2.05, 4.69) is 13.2 Å². The summed E-state index contributed by atoms with van der Waals surface area (Å²) < 4.78 is 27.1. The van der Waals surface area contributed by atoms with Crippen molar-refractivity contribution in [1.29, 1.82) is 0 Å². The minimum absolute atomic E-state index is 0.0414. The molecule has 0 N–H and O–H groups in total. The predicted molar refractivity (Wildman–Crippen MR) is 109 cm³/mol. The number of benzene rings is 1. The average Bonchev–Trinajstić information content (AvgIpc) is 2.61. The highest BCUT2D eigenvalue weighted by molar-refractivity contribution is 7.89. The Morgan fingerprint density at radius 2 is 1.59 bits per heavy atom. The summed E-state index contributed by atoms with van der Waals surface area (Å²) in [7, 11) is -3.79. The standard InChI is InChI=1S/C18H23Cl2N3O3S/c1-3-8-22(9-4-2)17(24)14-21-10-12-23(13-11-21)27(25,26)18-15(19)6-5-7-16(18)20/h3-7H,1-2,8-14H2. The molecule has 1 aromatic carbocycles. The van der Waals surface area contributed by atoms with Gasteiger partial charge in [-0.2, -0.15) is 4.31 Å². The molecule has 148 valence electrons. The van der Waals surface area contributed by atoms with Gasteiger partial charge < -0.3 is 4.90 Å². The summed E-state index contributed by atoms with van der Waals surface area (Å²) in [5, 5.41) is 0.203.